The molecule has 2 aromatic heterocycles. The maximum absolute atomic E-state index is 12.5. The van der Waals surface area contributed by atoms with Crippen LogP contribution in [0.3, 0.4) is 0 Å². The number of halogens is 1. The van der Waals surface area contributed by atoms with E-state index < -0.39 is 0 Å². The van der Waals surface area contributed by atoms with E-state index in [1.54, 1.807) is 41.9 Å². The summed E-state index contributed by atoms with van der Waals surface area (Å²) < 4.78 is 5.30. The monoisotopic (exact) mass is 443 g/mol. The van der Waals surface area contributed by atoms with E-state index in [1.807, 2.05) is 0 Å². The minimum Gasteiger partial charge on any atom is -0.457 e. The quantitative estimate of drug-likeness (QED) is 0.423. The minimum absolute atomic E-state index is 0.207. The zero-order chi connectivity index (χ0) is 21.3. The molecule has 0 bridgehead atoms. The van der Waals surface area contributed by atoms with Gasteiger partial charge in [0.1, 0.15) is 17.0 Å². The van der Waals surface area contributed by atoms with Gasteiger partial charge in [-0.2, -0.15) is 0 Å². The molecule has 0 spiro atoms. The van der Waals surface area contributed by atoms with Gasteiger partial charge in [-0.15, -0.1) is 11.3 Å². The van der Waals surface area contributed by atoms with Gasteiger partial charge in [0.2, 0.25) is 0 Å². The first-order chi connectivity index (χ1) is 14.4. The second-order valence-electron chi connectivity index (χ2n) is 7.46. The first-order valence-corrected chi connectivity index (χ1v) is 11.0. The fourth-order valence-electron chi connectivity index (χ4n) is 3.70. The number of carbonyl (C=O) groups excluding carboxylic acids is 2. The van der Waals surface area contributed by atoms with Gasteiger partial charge in [0.25, 0.3) is 0 Å². The molecule has 0 aliphatic carbocycles. The number of hydrogen-bond donors (Lipinski definition) is 0. The molecule has 0 N–H and O–H groups in total. The van der Waals surface area contributed by atoms with E-state index in [0.29, 0.717) is 36.5 Å². The average molecular weight is 444 g/mol. The van der Waals surface area contributed by atoms with E-state index >= 15 is 0 Å². The van der Waals surface area contributed by atoms with Crippen molar-refractivity contribution in [2.75, 3.05) is 24.6 Å². The number of thiophene rings is 1. The highest BCUT2D eigenvalue weighted by atomic mass is 35.5. The Labute approximate surface area is 183 Å². The molecule has 6 nitrogen and oxygen atoms in total. The van der Waals surface area contributed by atoms with Crippen LogP contribution in [0.2, 0.25) is 5.02 Å². The van der Waals surface area contributed by atoms with Crippen molar-refractivity contribution in [1.82, 2.24) is 9.97 Å². The van der Waals surface area contributed by atoms with Gasteiger partial charge in [0, 0.05) is 28.6 Å². The lowest BCUT2D eigenvalue weighted by molar-refractivity contribution is -0.148. The Balaban J connectivity index is 1.35. The lowest BCUT2D eigenvalue weighted by Crippen LogP contribution is -2.37. The molecule has 0 radical (unpaired) electrons. The molecule has 0 saturated carbocycles. The fourth-order valence-corrected chi connectivity index (χ4v) is 4.82. The number of carbonyl (C=O) groups is 2. The third-order valence-corrected chi connectivity index (χ3v) is 6.95. The smallest absolute Gasteiger partial charge is 0.309 e. The average Bonchev–Trinajstić information content (AvgIpc) is 3.06. The molecule has 3 aromatic rings. The predicted octanol–water partition coefficient (Wildman–Crippen LogP) is 4.60. The Hall–Kier alpha value is -2.51. The van der Waals surface area contributed by atoms with Crippen molar-refractivity contribution >= 4 is 50.7 Å². The van der Waals surface area contributed by atoms with Gasteiger partial charge >= 0.3 is 5.97 Å². The number of Topliss-reactive ketones (excluding diaryl/α,β-unsaturated/α-hetero) is 1. The molecular formula is C22H22ClN3O3S. The van der Waals surface area contributed by atoms with Crippen molar-refractivity contribution in [1.29, 1.82) is 0 Å². The number of anilines is 1. The number of rotatable bonds is 5. The lowest BCUT2D eigenvalue weighted by atomic mass is 9.96. The van der Waals surface area contributed by atoms with Crippen molar-refractivity contribution in [3.05, 3.63) is 51.6 Å². The molecule has 3 heterocycles. The molecule has 1 fully saturated rings. The van der Waals surface area contributed by atoms with Gasteiger partial charge in [0.15, 0.2) is 12.4 Å². The number of ketones is 1. The molecule has 1 aliphatic rings. The SMILES string of the molecule is Cc1sc2ncnc(N3CCC(C(=O)OCC(=O)c4ccc(Cl)cc4)CC3)c2c1C. The van der Waals surface area contributed by atoms with E-state index in [-0.39, 0.29) is 24.3 Å². The van der Waals surface area contributed by atoms with Gasteiger partial charge < -0.3 is 9.64 Å². The number of nitrogens with zero attached hydrogens (tertiary/aromatic N) is 3. The summed E-state index contributed by atoms with van der Waals surface area (Å²) in [4.78, 5) is 38.0. The highest BCUT2D eigenvalue weighted by Gasteiger charge is 2.28. The summed E-state index contributed by atoms with van der Waals surface area (Å²) in [6.45, 7) is 5.37. The third-order valence-electron chi connectivity index (χ3n) is 5.58. The first kappa shape index (κ1) is 20.8. The first-order valence-electron chi connectivity index (χ1n) is 9.85. The minimum atomic E-state index is -0.313. The summed E-state index contributed by atoms with van der Waals surface area (Å²) in [5.74, 6) is 0.185. The van der Waals surface area contributed by atoms with Crippen LogP contribution in [0.5, 0.6) is 0 Å². The second kappa shape index (κ2) is 8.70. The topological polar surface area (TPSA) is 72.4 Å². The Kier molecular flexibility index (Phi) is 6.01. The van der Waals surface area contributed by atoms with Crippen LogP contribution >= 0.6 is 22.9 Å². The second-order valence-corrected chi connectivity index (χ2v) is 9.10. The van der Waals surface area contributed by atoms with Crippen LogP contribution in [0.25, 0.3) is 10.2 Å². The number of piperidine rings is 1. The van der Waals surface area contributed by atoms with Crippen LogP contribution in [-0.4, -0.2) is 41.4 Å². The van der Waals surface area contributed by atoms with Gasteiger partial charge in [-0.25, -0.2) is 9.97 Å². The highest BCUT2D eigenvalue weighted by molar-refractivity contribution is 7.18. The van der Waals surface area contributed by atoms with Gasteiger partial charge in [0.05, 0.1) is 11.3 Å². The number of esters is 1. The van der Waals surface area contributed by atoms with Crippen molar-refractivity contribution in [2.45, 2.75) is 26.7 Å². The standard InChI is InChI=1S/C22H22ClN3O3S/c1-13-14(2)30-21-19(13)20(24-12-25-21)26-9-7-16(8-10-26)22(28)29-11-18(27)15-3-5-17(23)6-4-15/h3-6,12,16H,7-11H2,1-2H3. The van der Waals surface area contributed by atoms with Crippen LogP contribution in [0.4, 0.5) is 5.82 Å². The Bertz CT molecular complexity index is 1090. The van der Waals surface area contributed by atoms with E-state index in [4.69, 9.17) is 16.3 Å². The van der Waals surface area contributed by atoms with Gasteiger partial charge in [-0.3, -0.25) is 9.59 Å². The number of fused-ring (bicyclic) bond motifs is 1. The maximum Gasteiger partial charge on any atom is 0.309 e. The number of aromatic nitrogens is 2. The Morgan fingerprint density at radius 2 is 1.87 bits per heavy atom. The van der Waals surface area contributed by atoms with Crippen molar-refractivity contribution in [2.24, 2.45) is 5.92 Å². The van der Waals surface area contributed by atoms with Crippen molar-refractivity contribution < 1.29 is 14.3 Å². The molecule has 1 aliphatic heterocycles. The molecule has 0 atom stereocenters. The van der Waals surface area contributed by atoms with E-state index in [1.165, 1.54) is 10.4 Å². The van der Waals surface area contributed by atoms with Crippen molar-refractivity contribution in [3.63, 3.8) is 0 Å². The molecule has 1 aromatic carbocycles. The summed E-state index contributed by atoms with van der Waals surface area (Å²) in [6.07, 6.45) is 2.94. The van der Waals surface area contributed by atoms with E-state index in [9.17, 15) is 9.59 Å². The van der Waals surface area contributed by atoms with Gasteiger partial charge in [-0.1, -0.05) is 11.6 Å². The van der Waals surface area contributed by atoms with Gasteiger partial charge in [-0.05, 0) is 56.5 Å². The Morgan fingerprint density at radius 1 is 1.17 bits per heavy atom. The third kappa shape index (κ3) is 4.18. The molecule has 4 rings (SSSR count). The summed E-state index contributed by atoms with van der Waals surface area (Å²) >= 11 is 7.51. The molecule has 8 heteroatoms. The summed E-state index contributed by atoms with van der Waals surface area (Å²) in [5.41, 5.74) is 1.70. The van der Waals surface area contributed by atoms with Crippen LogP contribution < -0.4 is 4.90 Å². The normalized spacial score (nSPS) is 14.8. The maximum atomic E-state index is 12.5. The number of hydrogen-bond acceptors (Lipinski definition) is 7. The lowest BCUT2D eigenvalue weighted by Gasteiger charge is -2.32. The van der Waals surface area contributed by atoms with Crippen LogP contribution in [0.15, 0.2) is 30.6 Å². The zero-order valence-corrected chi connectivity index (χ0v) is 18.4. The zero-order valence-electron chi connectivity index (χ0n) is 16.9. The summed E-state index contributed by atoms with van der Waals surface area (Å²) in [6, 6.07) is 6.56. The molecule has 1 saturated heterocycles. The molecular weight excluding hydrogens is 422 g/mol. The van der Waals surface area contributed by atoms with Crippen LogP contribution in [0, 0.1) is 19.8 Å². The Morgan fingerprint density at radius 3 is 2.57 bits per heavy atom. The van der Waals surface area contributed by atoms with Crippen LogP contribution in [0.1, 0.15) is 33.6 Å². The highest BCUT2D eigenvalue weighted by Crippen LogP contribution is 2.35. The predicted molar refractivity (Wildman–Crippen MR) is 119 cm³/mol. The summed E-state index contributed by atoms with van der Waals surface area (Å²) in [7, 11) is 0. The number of ether oxygens (including phenoxy) is 1. The number of aryl methyl sites for hydroxylation is 2. The van der Waals surface area contributed by atoms with Crippen molar-refractivity contribution in [3.8, 4) is 0 Å². The van der Waals surface area contributed by atoms with Crippen LogP contribution in [-0.2, 0) is 9.53 Å². The van der Waals surface area contributed by atoms with E-state index in [0.717, 1.165) is 16.0 Å². The number of benzene rings is 1. The molecule has 0 unspecified atom stereocenters. The molecule has 0 amide bonds. The summed E-state index contributed by atoms with van der Waals surface area (Å²) in [5, 5.41) is 1.67. The molecule has 156 valence electrons. The largest absolute Gasteiger partial charge is 0.457 e. The van der Waals surface area contributed by atoms with E-state index in [2.05, 4.69) is 28.7 Å². The molecule has 30 heavy (non-hydrogen) atoms. The fraction of sp³-hybridized carbons (Fsp3) is 0.364.